The van der Waals surface area contributed by atoms with Crippen molar-refractivity contribution in [2.24, 2.45) is 0 Å². The van der Waals surface area contributed by atoms with Gasteiger partial charge < -0.3 is 0 Å². The number of imidazole rings is 1. The van der Waals surface area contributed by atoms with Crippen molar-refractivity contribution in [1.29, 1.82) is 0 Å². The zero-order valence-corrected chi connectivity index (χ0v) is 30.6. The minimum atomic E-state index is 1.05. The molecule has 0 aliphatic carbocycles. The van der Waals surface area contributed by atoms with Crippen molar-refractivity contribution < 1.29 is 4.57 Å². The molecular weight excluding hydrogens is 544 g/mol. The van der Waals surface area contributed by atoms with Crippen LogP contribution >= 0.6 is 0 Å². The maximum atomic E-state index is 2.57. The van der Waals surface area contributed by atoms with Gasteiger partial charge in [-0.15, -0.1) is 0 Å². The van der Waals surface area contributed by atoms with E-state index in [4.69, 9.17) is 0 Å². The summed E-state index contributed by atoms with van der Waals surface area (Å²) in [5.74, 6) is 1.50. The van der Waals surface area contributed by atoms with Gasteiger partial charge in [0.2, 0.25) is 0 Å². The van der Waals surface area contributed by atoms with E-state index in [-0.39, 0.29) is 0 Å². The first-order valence-electron chi connectivity index (χ1n) is 20.5. The van der Waals surface area contributed by atoms with E-state index in [9.17, 15) is 0 Å². The van der Waals surface area contributed by atoms with Gasteiger partial charge in [0.15, 0.2) is 0 Å². The molecule has 45 heavy (non-hydrogen) atoms. The van der Waals surface area contributed by atoms with Crippen LogP contribution in [0.1, 0.15) is 211 Å². The standard InChI is InChI=1S/C43H77N2/c1-3-5-7-9-11-13-15-17-18-19-21-23-25-27-29-34-38-45-40-39-44(43(45)41-42-35-31-30-32-36-42)37-33-28-26-24-22-20-16-14-12-10-8-6-4-2/h30-32,35-36,39-40H,3-29,33-34,37-38,41H2,1-2H3/q+1. The Hall–Kier alpha value is -1.57. The van der Waals surface area contributed by atoms with Gasteiger partial charge in [0, 0.05) is 0 Å². The van der Waals surface area contributed by atoms with E-state index in [1.54, 1.807) is 0 Å². The maximum Gasteiger partial charge on any atom is 0.260 e. The van der Waals surface area contributed by atoms with E-state index in [1.165, 1.54) is 211 Å². The second-order valence-electron chi connectivity index (χ2n) is 14.3. The second kappa shape index (κ2) is 29.8. The van der Waals surface area contributed by atoms with Gasteiger partial charge in [-0.2, -0.15) is 0 Å². The molecule has 1 aromatic carbocycles. The van der Waals surface area contributed by atoms with Crippen LogP contribution in [-0.2, 0) is 19.5 Å². The average molecular weight is 622 g/mol. The van der Waals surface area contributed by atoms with E-state index < -0.39 is 0 Å². The van der Waals surface area contributed by atoms with Crippen LogP contribution in [0.15, 0.2) is 42.7 Å². The van der Waals surface area contributed by atoms with Gasteiger partial charge in [0.1, 0.15) is 12.4 Å². The van der Waals surface area contributed by atoms with E-state index >= 15 is 0 Å². The van der Waals surface area contributed by atoms with Gasteiger partial charge in [-0.25, -0.2) is 9.13 Å². The zero-order valence-electron chi connectivity index (χ0n) is 30.6. The van der Waals surface area contributed by atoms with E-state index in [2.05, 4.69) is 65.7 Å². The van der Waals surface area contributed by atoms with Crippen LogP contribution in [-0.4, -0.2) is 4.57 Å². The molecule has 0 spiro atoms. The van der Waals surface area contributed by atoms with Crippen molar-refractivity contribution in [2.75, 3.05) is 0 Å². The molecule has 0 saturated carbocycles. The molecule has 0 aliphatic rings. The number of nitrogens with zero attached hydrogens (tertiary/aromatic N) is 2. The van der Waals surface area contributed by atoms with Gasteiger partial charge in [-0.3, -0.25) is 0 Å². The molecular formula is C43H77N2+. The predicted molar refractivity (Wildman–Crippen MR) is 199 cm³/mol. The summed E-state index contributed by atoms with van der Waals surface area (Å²) in [6.45, 7) is 6.96. The summed E-state index contributed by atoms with van der Waals surface area (Å²) in [6.07, 6.45) is 47.2. The number of aryl methyl sites for hydroxylation is 2. The van der Waals surface area contributed by atoms with E-state index in [1.807, 2.05) is 0 Å². The fourth-order valence-corrected chi connectivity index (χ4v) is 7.02. The van der Waals surface area contributed by atoms with Crippen LogP contribution in [0.3, 0.4) is 0 Å². The van der Waals surface area contributed by atoms with Crippen molar-refractivity contribution in [3.8, 4) is 0 Å². The van der Waals surface area contributed by atoms with E-state index in [0.717, 1.165) is 6.42 Å². The Morgan fingerprint density at radius 1 is 0.444 bits per heavy atom. The number of hydrogen-bond acceptors (Lipinski definition) is 0. The fraction of sp³-hybridized carbons (Fsp3) is 0.791. The zero-order chi connectivity index (χ0) is 31.9. The third-order valence-corrected chi connectivity index (χ3v) is 10.0. The highest BCUT2D eigenvalue weighted by Gasteiger charge is 2.17. The third-order valence-electron chi connectivity index (χ3n) is 10.0. The summed E-state index contributed by atoms with van der Waals surface area (Å²) in [5, 5.41) is 0. The first-order chi connectivity index (χ1) is 22.3. The number of rotatable bonds is 33. The highest BCUT2D eigenvalue weighted by atomic mass is 15.1. The molecule has 0 N–H and O–H groups in total. The van der Waals surface area contributed by atoms with Gasteiger partial charge >= 0.3 is 0 Å². The second-order valence-corrected chi connectivity index (χ2v) is 14.3. The molecule has 0 amide bonds. The van der Waals surface area contributed by atoms with Gasteiger partial charge in [0.05, 0.1) is 19.5 Å². The molecule has 0 bridgehead atoms. The smallest absolute Gasteiger partial charge is 0.234 e. The SMILES string of the molecule is CCCCCCCCCCCCCCCCCC[n+]1ccn(CCCCCCCCCCCCCCC)c1Cc1ccccc1. The van der Waals surface area contributed by atoms with Crippen molar-refractivity contribution in [3.63, 3.8) is 0 Å². The molecule has 0 saturated heterocycles. The van der Waals surface area contributed by atoms with E-state index in [0.29, 0.717) is 0 Å². The first kappa shape index (κ1) is 39.6. The fourth-order valence-electron chi connectivity index (χ4n) is 7.02. The largest absolute Gasteiger partial charge is 0.260 e. The van der Waals surface area contributed by atoms with Gasteiger partial charge in [-0.05, 0) is 31.2 Å². The number of hydrogen-bond donors (Lipinski definition) is 0. The molecule has 2 heteroatoms. The Morgan fingerprint density at radius 2 is 0.822 bits per heavy atom. The van der Waals surface area contributed by atoms with Crippen molar-refractivity contribution in [1.82, 2.24) is 4.57 Å². The Labute approximate surface area is 282 Å². The van der Waals surface area contributed by atoms with Crippen LogP contribution in [0.25, 0.3) is 0 Å². The summed E-state index contributed by atoms with van der Waals surface area (Å²) in [6, 6.07) is 11.1. The molecule has 2 aromatic rings. The normalized spacial score (nSPS) is 11.5. The highest BCUT2D eigenvalue weighted by molar-refractivity contribution is 5.18. The summed E-state index contributed by atoms with van der Waals surface area (Å²) in [5.41, 5.74) is 1.43. The van der Waals surface area contributed by atoms with Crippen LogP contribution in [0.2, 0.25) is 0 Å². The lowest BCUT2D eigenvalue weighted by Gasteiger charge is -2.07. The first-order valence-corrected chi connectivity index (χ1v) is 20.5. The minimum Gasteiger partial charge on any atom is -0.234 e. The van der Waals surface area contributed by atoms with Crippen LogP contribution in [0, 0.1) is 0 Å². The number of benzene rings is 1. The summed E-state index contributed by atoms with van der Waals surface area (Å²) in [7, 11) is 0. The van der Waals surface area contributed by atoms with Crippen LogP contribution < -0.4 is 4.57 Å². The molecule has 1 heterocycles. The summed E-state index contributed by atoms with van der Waals surface area (Å²) < 4.78 is 5.14. The van der Waals surface area contributed by atoms with Gasteiger partial charge in [0.25, 0.3) is 5.82 Å². The predicted octanol–water partition coefficient (Wildman–Crippen LogP) is 13.7. The van der Waals surface area contributed by atoms with Gasteiger partial charge in [-0.1, -0.05) is 205 Å². The lowest BCUT2D eigenvalue weighted by molar-refractivity contribution is -0.703. The third kappa shape index (κ3) is 21.8. The van der Waals surface area contributed by atoms with Crippen molar-refractivity contribution in [3.05, 3.63) is 54.1 Å². The van der Waals surface area contributed by atoms with Crippen LogP contribution in [0.5, 0.6) is 0 Å². The van der Waals surface area contributed by atoms with Crippen LogP contribution in [0.4, 0.5) is 0 Å². The Morgan fingerprint density at radius 3 is 1.24 bits per heavy atom. The average Bonchev–Trinajstić information content (AvgIpc) is 3.44. The lowest BCUT2D eigenvalue weighted by atomic mass is 10.0. The Balaban J connectivity index is 1.55. The Kier molecular flexibility index (Phi) is 26.2. The monoisotopic (exact) mass is 622 g/mol. The van der Waals surface area contributed by atoms with Crippen molar-refractivity contribution in [2.45, 2.75) is 220 Å². The molecule has 0 atom stereocenters. The lowest BCUT2D eigenvalue weighted by Crippen LogP contribution is -2.37. The highest BCUT2D eigenvalue weighted by Crippen LogP contribution is 2.16. The molecule has 0 fully saturated rings. The maximum absolute atomic E-state index is 2.57. The minimum absolute atomic E-state index is 1.05. The summed E-state index contributed by atoms with van der Waals surface area (Å²) in [4.78, 5) is 0. The number of unbranched alkanes of at least 4 members (excludes halogenated alkanes) is 27. The quantitative estimate of drug-likeness (QED) is 0.0554. The topological polar surface area (TPSA) is 8.81 Å². The molecule has 0 aliphatic heterocycles. The molecule has 2 rings (SSSR count). The molecule has 258 valence electrons. The molecule has 0 unspecified atom stereocenters. The molecule has 2 nitrogen and oxygen atoms in total. The molecule has 0 radical (unpaired) electrons. The van der Waals surface area contributed by atoms with Crippen molar-refractivity contribution >= 4 is 0 Å². The Bertz CT molecular complexity index is 869. The number of aromatic nitrogens is 2. The summed E-state index contributed by atoms with van der Waals surface area (Å²) >= 11 is 0. The molecule has 1 aromatic heterocycles.